The van der Waals surface area contributed by atoms with E-state index in [1.807, 2.05) is 6.07 Å². The van der Waals surface area contributed by atoms with Crippen LogP contribution < -0.4 is 11.1 Å². The summed E-state index contributed by atoms with van der Waals surface area (Å²) in [6, 6.07) is 5.75. The van der Waals surface area contributed by atoms with Crippen LogP contribution in [0.5, 0.6) is 0 Å². The number of fused-ring (bicyclic) bond motifs is 1. The maximum atomic E-state index is 13.3. The van der Waals surface area contributed by atoms with Crippen LogP contribution in [0.4, 0.5) is 15.8 Å². The van der Waals surface area contributed by atoms with E-state index in [1.165, 1.54) is 37.9 Å². The Kier molecular flexibility index (Phi) is 3.12. The highest BCUT2D eigenvalue weighted by Gasteiger charge is 2.35. The summed E-state index contributed by atoms with van der Waals surface area (Å²) in [5.41, 5.74) is 6.97. The molecule has 2 saturated heterocycles. The van der Waals surface area contributed by atoms with Crippen LogP contribution in [0.15, 0.2) is 18.2 Å². The van der Waals surface area contributed by atoms with Crippen molar-refractivity contribution >= 4 is 11.4 Å². The predicted molar refractivity (Wildman–Crippen MR) is 72.1 cm³/mol. The molecule has 2 aliphatic heterocycles. The molecular weight excluding hydrogens is 229 g/mol. The molecule has 2 aliphatic rings. The number of halogens is 1. The van der Waals surface area contributed by atoms with Gasteiger partial charge in [-0.05, 0) is 44.0 Å². The van der Waals surface area contributed by atoms with Gasteiger partial charge in [-0.25, -0.2) is 4.39 Å². The van der Waals surface area contributed by atoms with Gasteiger partial charge in [-0.3, -0.25) is 4.90 Å². The lowest BCUT2D eigenvalue weighted by Crippen LogP contribution is -2.41. The lowest BCUT2D eigenvalue weighted by atomic mass is 9.99. The zero-order chi connectivity index (χ0) is 12.5. The molecule has 1 aromatic rings. The van der Waals surface area contributed by atoms with Crippen LogP contribution in [0.25, 0.3) is 0 Å². The Balaban J connectivity index is 1.72. The van der Waals surface area contributed by atoms with Gasteiger partial charge in [0.15, 0.2) is 0 Å². The van der Waals surface area contributed by atoms with Crippen molar-refractivity contribution in [2.45, 2.75) is 37.8 Å². The largest absolute Gasteiger partial charge is 0.399 e. The van der Waals surface area contributed by atoms with E-state index in [2.05, 4.69) is 10.2 Å². The third-order valence-corrected chi connectivity index (χ3v) is 4.13. The third kappa shape index (κ3) is 2.29. The summed E-state index contributed by atoms with van der Waals surface area (Å²) in [6.07, 6.45) is 5.02. The summed E-state index contributed by atoms with van der Waals surface area (Å²) in [6.45, 7) is 2.38. The number of anilines is 2. The zero-order valence-electron chi connectivity index (χ0n) is 10.5. The second-order valence-corrected chi connectivity index (χ2v) is 5.41. The topological polar surface area (TPSA) is 41.3 Å². The van der Waals surface area contributed by atoms with E-state index in [4.69, 9.17) is 5.73 Å². The molecule has 1 aromatic carbocycles. The Hall–Kier alpha value is -1.29. The Morgan fingerprint density at radius 2 is 2.06 bits per heavy atom. The molecule has 0 bridgehead atoms. The van der Waals surface area contributed by atoms with Crippen molar-refractivity contribution in [3.05, 3.63) is 24.0 Å². The van der Waals surface area contributed by atoms with Gasteiger partial charge in [0.2, 0.25) is 0 Å². The molecule has 0 aliphatic carbocycles. The summed E-state index contributed by atoms with van der Waals surface area (Å²) in [4.78, 5) is 2.56. The predicted octanol–water partition coefficient (Wildman–Crippen LogP) is 2.45. The Morgan fingerprint density at radius 1 is 1.17 bits per heavy atom. The quantitative estimate of drug-likeness (QED) is 0.791. The van der Waals surface area contributed by atoms with Crippen LogP contribution in [0.2, 0.25) is 0 Å². The minimum absolute atomic E-state index is 0.268. The average molecular weight is 249 g/mol. The second kappa shape index (κ2) is 4.76. The van der Waals surface area contributed by atoms with E-state index in [1.54, 1.807) is 0 Å². The Morgan fingerprint density at radius 3 is 2.89 bits per heavy atom. The van der Waals surface area contributed by atoms with Gasteiger partial charge in [0, 0.05) is 30.0 Å². The third-order valence-electron chi connectivity index (χ3n) is 4.13. The lowest BCUT2D eigenvalue weighted by Gasteiger charge is -2.33. The molecule has 0 amide bonds. The van der Waals surface area contributed by atoms with Crippen molar-refractivity contribution in [2.75, 3.05) is 24.1 Å². The highest BCUT2D eigenvalue weighted by molar-refractivity contribution is 5.55. The molecule has 3 N–H and O–H groups in total. The first-order chi connectivity index (χ1) is 8.72. The number of nitrogens with one attached hydrogen (secondary N) is 1. The van der Waals surface area contributed by atoms with Gasteiger partial charge in [0.1, 0.15) is 5.82 Å². The molecule has 2 fully saturated rings. The van der Waals surface area contributed by atoms with Crippen LogP contribution >= 0.6 is 0 Å². The van der Waals surface area contributed by atoms with E-state index >= 15 is 0 Å². The van der Waals surface area contributed by atoms with Crippen molar-refractivity contribution in [3.8, 4) is 0 Å². The fourth-order valence-corrected chi connectivity index (χ4v) is 3.33. The van der Waals surface area contributed by atoms with Crippen molar-refractivity contribution < 1.29 is 4.39 Å². The van der Waals surface area contributed by atoms with E-state index in [0.29, 0.717) is 17.8 Å². The monoisotopic (exact) mass is 249 g/mol. The fraction of sp³-hybridized carbons (Fsp3) is 0.571. The molecule has 0 aromatic heterocycles. The van der Waals surface area contributed by atoms with Crippen LogP contribution in [-0.2, 0) is 0 Å². The summed E-state index contributed by atoms with van der Waals surface area (Å²) in [5.74, 6) is -0.268. The molecule has 2 unspecified atom stereocenters. The molecule has 0 spiro atoms. The molecule has 4 heteroatoms. The van der Waals surface area contributed by atoms with Crippen LogP contribution in [0.3, 0.4) is 0 Å². The minimum atomic E-state index is -0.268. The van der Waals surface area contributed by atoms with E-state index < -0.39 is 0 Å². The molecule has 3 rings (SSSR count). The van der Waals surface area contributed by atoms with Crippen LogP contribution in [0.1, 0.15) is 25.7 Å². The molecule has 0 radical (unpaired) electrons. The van der Waals surface area contributed by atoms with Crippen LogP contribution in [0, 0.1) is 5.82 Å². The van der Waals surface area contributed by atoms with Crippen molar-refractivity contribution in [2.24, 2.45) is 0 Å². The van der Waals surface area contributed by atoms with Gasteiger partial charge < -0.3 is 11.1 Å². The normalized spacial score (nSPS) is 28.1. The highest BCUT2D eigenvalue weighted by atomic mass is 19.1. The smallest absolute Gasteiger partial charge is 0.127 e. The Bertz CT molecular complexity index is 415. The number of piperidine rings is 1. The number of rotatable bonds is 2. The van der Waals surface area contributed by atoms with Gasteiger partial charge in [-0.15, -0.1) is 0 Å². The molecular formula is C14H20FN3. The van der Waals surface area contributed by atoms with Crippen molar-refractivity contribution in [3.63, 3.8) is 0 Å². The summed E-state index contributed by atoms with van der Waals surface area (Å²) < 4.78 is 13.3. The minimum Gasteiger partial charge on any atom is -0.399 e. The number of nitrogen functional groups attached to an aromatic ring is 1. The molecule has 2 heterocycles. The van der Waals surface area contributed by atoms with Gasteiger partial charge in [-0.1, -0.05) is 6.42 Å². The van der Waals surface area contributed by atoms with Gasteiger partial charge in [0.25, 0.3) is 0 Å². The number of hydrogen-bond donors (Lipinski definition) is 2. The number of benzene rings is 1. The fourth-order valence-electron chi connectivity index (χ4n) is 3.33. The van der Waals surface area contributed by atoms with E-state index in [0.717, 1.165) is 18.7 Å². The van der Waals surface area contributed by atoms with Gasteiger partial charge >= 0.3 is 0 Å². The first-order valence-electron chi connectivity index (χ1n) is 6.79. The molecule has 2 atom stereocenters. The first-order valence-corrected chi connectivity index (χ1v) is 6.79. The number of nitrogens with zero attached hydrogens (tertiary/aromatic N) is 1. The Labute approximate surface area is 107 Å². The summed E-state index contributed by atoms with van der Waals surface area (Å²) >= 11 is 0. The molecule has 18 heavy (non-hydrogen) atoms. The lowest BCUT2D eigenvalue weighted by molar-refractivity contribution is 0.193. The summed E-state index contributed by atoms with van der Waals surface area (Å²) in [7, 11) is 0. The van der Waals surface area contributed by atoms with Crippen molar-refractivity contribution in [1.29, 1.82) is 0 Å². The second-order valence-electron chi connectivity index (χ2n) is 5.41. The number of hydrogen-bond acceptors (Lipinski definition) is 3. The number of nitrogens with two attached hydrogens (primary N) is 1. The standard InChI is InChI=1S/C14H20FN3/c15-10-7-11(16)9-12(8-10)17-13-4-6-18-5-2-1-3-14(13)18/h7-9,13-14,17H,1-6,16H2. The van der Waals surface area contributed by atoms with E-state index in [9.17, 15) is 4.39 Å². The molecule has 98 valence electrons. The average Bonchev–Trinajstić information content (AvgIpc) is 2.72. The zero-order valence-corrected chi connectivity index (χ0v) is 10.5. The summed E-state index contributed by atoms with van der Waals surface area (Å²) in [5, 5.41) is 3.46. The molecule has 3 nitrogen and oxygen atoms in total. The maximum Gasteiger partial charge on any atom is 0.127 e. The van der Waals surface area contributed by atoms with Gasteiger partial charge in [0.05, 0.1) is 0 Å². The first kappa shape index (κ1) is 11.8. The van der Waals surface area contributed by atoms with Crippen LogP contribution in [-0.4, -0.2) is 30.1 Å². The maximum absolute atomic E-state index is 13.3. The van der Waals surface area contributed by atoms with Gasteiger partial charge in [-0.2, -0.15) is 0 Å². The molecule has 0 saturated carbocycles. The highest BCUT2D eigenvalue weighted by Crippen LogP contribution is 2.29. The van der Waals surface area contributed by atoms with Crippen molar-refractivity contribution in [1.82, 2.24) is 4.90 Å². The van der Waals surface area contributed by atoms with E-state index in [-0.39, 0.29) is 5.82 Å². The SMILES string of the molecule is Nc1cc(F)cc(NC2CCN3CCCCC23)c1.